The molecule has 2 aliphatic carbocycles. The van der Waals surface area contributed by atoms with E-state index in [-0.39, 0.29) is 0 Å². The van der Waals surface area contributed by atoms with Crippen molar-refractivity contribution < 1.29 is 4.74 Å². The molecular weight excluding hydrogens is 376 g/mol. The largest absolute Gasteiger partial charge is 0.378 e. The van der Waals surface area contributed by atoms with Crippen molar-refractivity contribution in [3.05, 3.63) is 35.4 Å². The molecule has 3 rings (SSSR count). The summed E-state index contributed by atoms with van der Waals surface area (Å²) in [5.41, 5.74) is 3.04. The van der Waals surface area contributed by atoms with Crippen molar-refractivity contribution in [2.24, 2.45) is 11.8 Å². The molecule has 1 aromatic rings. The van der Waals surface area contributed by atoms with Crippen LogP contribution in [0.15, 0.2) is 24.3 Å². The maximum Gasteiger partial charge on any atom is 0.0575 e. The molecule has 1 aromatic carbocycles. The predicted molar refractivity (Wildman–Crippen MR) is 135 cm³/mol. The van der Waals surface area contributed by atoms with Crippen molar-refractivity contribution in [3.8, 4) is 0 Å². The molecule has 0 amide bonds. The molecule has 0 atom stereocenters. The van der Waals surface area contributed by atoms with Crippen LogP contribution in [0.3, 0.4) is 0 Å². The number of hydrogen-bond acceptors (Lipinski definition) is 1. The summed E-state index contributed by atoms with van der Waals surface area (Å²) >= 11 is 0. The fourth-order valence-electron chi connectivity index (χ4n) is 6.10. The van der Waals surface area contributed by atoms with E-state index in [0.29, 0.717) is 6.10 Å². The lowest BCUT2D eigenvalue weighted by molar-refractivity contribution is 0.0204. The number of hydrogen-bond donors (Lipinski definition) is 0. The highest BCUT2D eigenvalue weighted by molar-refractivity contribution is 5.25. The molecule has 2 saturated carbocycles. The monoisotopic (exact) mass is 426 g/mol. The predicted octanol–water partition coefficient (Wildman–Crippen LogP) is 9.24. The average Bonchev–Trinajstić information content (AvgIpc) is 2.82. The lowest BCUT2D eigenvalue weighted by Crippen LogP contribution is -2.21. The van der Waals surface area contributed by atoms with Gasteiger partial charge in [0, 0.05) is 6.61 Å². The second-order valence-electron chi connectivity index (χ2n) is 10.7. The van der Waals surface area contributed by atoms with Crippen LogP contribution in [-0.4, -0.2) is 12.7 Å². The molecule has 0 N–H and O–H groups in total. The van der Waals surface area contributed by atoms with Crippen molar-refractivity contribution in [2.75, 3.05) is 6.61 Å². The Labute approximate surface area is 193 Å². The molecule has 2 aliphatic rings. The van der Waals surface area contributed by atoms with E-state index >= 15 is 0 Å². The molecule has 31 heavy (non-hydrogen) atoms. The zero-order valence-corrected chi connectivity index (χ0v) is 20.8. The number of benzene rings is 1. The van der Waals surface area contributed by atoms with E-state index in [2.05, 4.69) is 38.1 Å². The molecule has 2 fully saturated rings. The Morgan fingerprint density at radius 2 is 1.32 bits per heavy atom. The first-order chi connectivity index (χ1) is 15.3. The van der Waals surface area contributed by atoms with Crippen molar-refractivity contribution in [1.29, 1.82) is 0 Å². The minimum absolute atomic E-state index is 0.523. The summed E-state index contributed by atoms with van der Waals surface area (Å²) in [5, 5.41) is 0. The highest BCUT2D eigenvalue weighted by atomic mass is 16.5. The highest BCUT2D eigenvalue weighted by Gasteiger charge is 2.23. The van der Waals surface area contributed by atoms with Gasteiger partial charge in [-0.2, -0.15) is 0 Å². The summed E-state index contributed by atoms with van der Waals surface area (Å²) in [5.74, 6) is 2.79. The van der Waals surface area contributed by atoms with Crippen LogP contribution in [0, 0.1) is 11.8 Å². The van der Waals surface area contributed by atoms with Gasteiger partial charge in [-0.05, 0) is 73.8 Å². The van der Waals surface area contributed by atoms with Crippen molar-refractivity contribution >= 4 is 0 Å². The zero-order valence-electron chi connectivity index (χ0n) is 20.8. The number of ether oxygens (including phenoxy) is 1. The van der Waals surface area contributed by atoms with Crippen LogP contribution in [0.2, 0.25) is 0 Å². The number of rotatable bonds is 13. The van der Waals surface area contributed by atoms with Crippen LogP contribution < -0.4 is 0 Å². The van der Waals surface area contributed by atoms with E-state index in [1.165, 1.54) is 115 Å². The van der Waals surface area contributed by atoms with Gasteiger partial charge in [0.15, 0.2) is 0 Å². The minimum Gasteiger partial charge on any atom is -0.378 e. The van der Waals surface area contributed by atoms with Gasteiger partial charge in [-0.3, -0.25) is 0 Å². The standard InChI is InChI=1S/C30H50O/c1-3-5-6-7-10-26-12-14-27(15-13-26)11-8-24-31-30-22-20-29(21-23-30)28-18-16-25(9-4-2)17-19-28/h16-19,26-27,29-30H,3-15,20-24H2,1-2H3/t26-,27-,29-,30-. The Bertz CT molecular complexity index is 561. The molecule has 0 aliphatic heterocycles. The fraction of sp³-hybridized carbons (Fsp3) is 0.800. The lowest BCUT2D eigenvalue weighted by atomic mass is 9.78. The smallest absolute Gasteiger partial charge is 0.0575 e. The van der Waals surface area contributed by atoms with Gasteiger partial charge in [0.25, 0.3) is 0 Å². The topological polar surface area (TPSA) is 9.23 Å². The molecule has 176 valence electrons. The van der Waals surface area contributed by atoms with Crippen LogP contribution in [0.5, 0.6) is 0 Å². The molecular formula is C30H50O. The molecule has 0 spiro atoms. The Morgan fingerprint density at radius 1 is 0.677 bits per heavy atom. The molecule has 0 aromatic heterocycles. The maximum absolute atomic E-state index is 6.31. The van der Waals surface area contributed by atoms with Crippen LogP contribution in [-0.2, 0) is 11.2 Å². The normalized spacial score (nSPS) is 26.8. The first-order valence-corrected chi connectivity index (χ1v) is 14.0. The van der Waals surface area contributed by atoms with Gasteiger partial charge in [-0.1, -0.05) is 102 Å². The lowest BCUT2D eigenvalue weighted by Gasteiger charge is -2.30. The summed E-state index contributed by atoms with van der Waals surface area (Å²) < 4.78 is 6.31. The molecule has 0 heterocycles. The van der Waals surface area contributed by atoms with Crippen LogP contribution in [0.4, 0.5) is 0 Å². The molecule has 1 heteroatoms. The van der Waals surface area contributed by atoms with Crippen molar-refractivity contribution in [1.82, 2.24) is 0 Å². The van der Waals surface area contributed by atoms with Gasteiger partial charge >= 0.3 is 0 Å². The third-order valence-electron chi connectivity index (χ3n) is 8.21. The van der Waals surface area contributed by atoms with Gasteiger partial charge in [-0.25, -0.2) is 0 Å². The SMILES string of the molecule is CCCCCC[C@H]1CC[C@H](CCCO[C@H]2CC[C@H](c3ccc(CCC)cc3)CC2)CC1. The van der Waals surface area contributed by atoms with Crippen LogP contribution >= 0.6 is 0 Å². The number of aryl methyl sites for hydroxylation is 1. The molecule has 0 unspecified atom stereocenters. The van der Waals surface area contributed by atoms with Gasteiger partial charge in [0.05, 0.1) is 6.10 Å². The Morgan fingerprint density at radius 3 is 1.94 bits per heavy atom. The van der Waals surface area contributed by atoms with Crippen molar-refractivity contribution in [3.63, 3.8) is 0 Å². The van der Waals surface area contributed by atoms with Crippen LogP contribution in [0.1, 0.15) is 134 Å². The first kappa shape index (κ1) is 24.8. The van der Waals surface area contributed by atoms with E-state index in [9.17, 15) is 0 Å². The van der Waals surface area contributed by atoms with Gasteiger partial charge < -0.3 is 4.74 Å². The van der Waals surface area contributed by atoms with Gasteiger partial charge in [0.2, 0.25) is 0 Å². The Hall–Kier alpha value is -0.820. The van der Waals surface area contributed by atoms with E-state index in [4.69, 9.17) is 4.74 Å². The summed E-state index contributed by atoms with van der Waals surface area (Å²) in [6, 6.07) is 9.47. The Kier molecular flexibility index (Phi) is 11.5. The fourth-order valence-corrected chi connectivity index (χ4v) is 6.10. The summed E-state index contributed by atoms with van der Waals surface area (Å²) in [7, 11) is 0. The quantitative estimate of drug-likeness (QED) is 0.285. The Balaban J connectivity index is 1.22. The molecule has 0 bridgehead atoms. The highest BCUT2D eigenvalue weighted by Crippen LogP contribution is 2.36. The molecule has 1 nitrogen and oxygen atoms in total. The first-order valence-electron chi connectivity index (χ1n) is 14.0. The van der Waals surface area contributed by atoms with E-state index in [0.717, 1.165) is 24.4 Å². The van der Waals surface area contributed by atoms with E-state index in [1.807, 2.05) is 0 Å². The second kappa shape index (κ2) is 14.4. The maximum atomic E-state index is 6.31. The molecule has 0 radical (unpaired) electrons. The zero-order chi connectivity index (χ0) is 21.7. The van der Waals surface area contributed by atoms with Crippen molar-refractivity contribution in [2.45, 2.75) is 135 Å². The summed E-state index contributed by atoms with van der Waals surface area (Å²) in [6.07, 6.45) is 24.0. The number of unbranched alkanes of at least 4 members (excludes halogenated alkanes) is 3. The van der Waals surface area contributed by atoms with Crippen LogP contribution in [0.25, 0.3) is 0 Å². The van der Waals surface area contributed by atoms with E-state index < -0.39 is 0 Å². The van der Waals surface area contributed by atoms with Gasteiger partial charge in [-0.15, -0.1) is 0 Å². The minimum atomic E-state index is 0.523. The third kappa shape index (κ3) is 8.91. The average molecular weight is 427 g/mol. The van der Waals surface area contributed by atoms with Gasteiger partial charge in [0.1, 0.15) is 0 Å². The summed E-state index contributed by atoms with van der Waals surface area (Å²) in [4.78, 5) is 0. The molecule has 0 saturated heterocycles. The van der Waals surface area contributed by atoms with E-state index in [1.54, 1.807) is 5.56 Å². The second-order valence-corrected chi connectivity index (χ2v) is 10.7. The summed E-state index contributed by atoms with van der Waals surface area (Å²) in [6.45, 7) is 5.57. The third-order valence-corrected chi connectivity index (χ3v) is 8.21.